The second-order valence-electron chi connectivity index (χ2n) is 6.84. The summed E-state index contributed by atoms with van der Waals surface area (Å²) in [5.41, 5.74) is 3.23. The van der Waals surface area contributed by atoms with Gasteiger partial charge in [0.1, 0.15) is 12.1 Å². The maximum Gasteiger partial charge on any atom is 0.225 e. The Bertz CT molecular complexity index is 750. The summed E-state index contributed by atoms with van der Waals surface area (Å²) in [4.78, 5) is 22.2. The largest absolute Gasteiger partial charge is 0.376 e. The predicted octanol–water partition coefficient (Wildman–Crippen LogP) is 1.32. The highest BCUT2D eigenvalue weighted by molar-refractivity contribution is 5.46. The fraction of sp³-hybridized carbons (Fsp3) is 0.529. The zero-order valence-corrected chi connectivity index (χ0v) is 14.4. The molecule has 126 valence electrons. The second-order valence-corrected chi connectivity index (χ2v) is 6.84. The molecule has 4 rings (SSSR count). The first-order valence-corrected chi connectivity index (χ1v) is 8.23. The number of hydrogen-bond donors (Lipinski definition) is 0. The summed E-state index contributed by atoms with van der Waals surface area (Å²) < 4.78 is 5.95. The van der Waals surface area contributed by atoms with E-state index in [1.54, 1.807) is 12.5 Å². The molecule has 0 radical (unpaired) electrons. The van der Waals surface area contributed by atoms with Crippen LogP contribution in [0.4, 0.5) is 11.8 Å². The number of hydrogen-bond acceptors (Lipinski definition) is 7. The van der Waals surface area contributed by atoms with E-state index in [1.165, 1.54) is 0 Å². The summed E-state index contributed by atoms with van der Waals surface area (Å²) in [6.45, 7) is 5.16. The van der Waals surface area contributed by atoms with Crippen LogP contribution in [0.3, 0.4) is 0 Å². The third-order valence-corrected chi connectivity index (χ3v) is 4.97. The Hall–Kier alpha value is -2.28. The van der Waals surface area contributed by atoms with Crippen molar-refractivity contribution in [2.75, 3.05) is 43.6 Å². The minimum Gasteiger partial charge on any atom is -0.376 e. The van der Waals surface area contributed by atoms with Gasteiger partial charge in [0, 0.05) is 44.6 Å². The second kappa shape index (κ2) is 5.66. The van der Waals surface area contributed by atoms with Crippen LogP contribution in [0.25, 0.3) is 0 Å². The summed E-state index contributed by atoms with van der Waals surface area (Å²) in [6, 6.07) is 1.96. The molecular weight excluding hydrogens is 304 g/mol. The standard InChI is InChI=1S/C17H22N6O/c1-12-13-8-24-10-17(15(13)21-16(20-12)22(2)3)5-7-23(9-17)14-4-6-18-11-19-14/h4,6,11H,5,7-10H2,1-3H3/t17-/m1/s1. The number of aromatic nitrogens is 4. The summed E-state index contributed by atoms with van der Waals surface area (Å²) in [5.74, 6) is 1.74. The topological polar surface area (TPSA) is 67.3 Å². The van der Waals surface area contributed by atoms with Gasteiger partial charge in [-0.1, -0.05) is 0 Å². The van der Waals surface area contributed by atoms with E-state index >= 15 is 0 Å². The average Bonchev–Trinajstić information content (AvgIpc) is 3.01. The lowest BCUT2D eigenvalue weighted by Gasteiger charge is -2.35. The van der Waals surface area contributed by atoms with Crippen LogP contribution < -0.4 is 9.80 Å². The number of nitrogens with zero attached hydrogens (tertiary/aromatic N) is 6. The quantitative estimate of drug-likeness (QED) is 0.824. The molecule has 0 aromatic carbocycles. The van der Waals surface area contributed by atoms with E-state index in [2.05, 4.69) is 19.9 Å². The van der Waals surface area contributed by atoms with E-state index < -0.39 is 0 Å². The Morgan fingerprint density at radius 1 is 1.29 bits per heavy atom. The summed E-state index contributed by atoms with van der Waals surface area (Å²) >= 11 is 0. The van der Waals surface area contributed by atoms with Gasteiger partial charge in [0.2, 0.25) is 5.95 Å². The van der Waals surface area contributed by atoms with Crippen molar-refractivity contribution in [1.29, 1.82) is 0 Å². The van der Waals surface area contributed by atoms with E-state index in [9.17, 15) is 0 Å². The van der Waals surface area contributed by atoms with Crippen molar-refractivity contribution in [2.45, 2.75) is 25.4 Å². The van der Waals surface area contributed by atoms with Gasteiger partial charge in [0.25, 0.3) is 0 Å². The molecule has 1 fully saturated rings. The molecule has 7 nitrogen and oxygen atoms in total. The maximum atomic E-state index is 5.95. The fourth-order valence-electron chi connectivity index (χ4n) is 3.66. The Kier molecular flexibility index (Phi) is 3.60. The van der Waals surface area contributed by atoms with E-state index in [4.69, 9.17) is 9.72 Å². The Balaban J connectivity index is 1.74. The highest BCUT2D eigenvalue weighted by atomic mass is 16.5. The van der Waals surface area contributed by atoms with Crippen LogP contribution in [0.1, 0.15) is 23.4 Å². The molecule has 0 amide bonds. The zero-order chi connectivity index (χ0) is 16.7. The van der Waals surface area contributed by atoms with Crippen molar-refractivity contribution >= 4 is 11.8 Å². The smallest absolute Gasteiger partial charge is 0.225 e. The van der Waals surface area contributed by atoms with E-state index in [0.717, 1.165) is 48.2 Å². The first-order chi connectivity index (χ1) is 11.6. The molecule has 0 unspecified atom stereocenters. The Labute approximate surface area is 141 Å². The molecule has 0 N–H and O–H groups in total. The molecule has 0 saturated carbocycles. The lowest BCUT2D eigenvalue weighted by atomic mass is 9.80. The molecule has 0 aliphatic carbocycles. The third kappa shape index (κ3) is 2.39. The van der Waals surface area contributed by atoms with Gasteiger partial charge in [-0.15, -0.1) is 0 Å². The van der Waals surface area contributed by atoms with Crippen LogP contribution in [0.5, 0.6) is 0 Å². The van der Waals surface area contributed by atoms with Crippen LogP contribution in [0.15, 0.2) is 18.6 Å². The van der Waals surface area contributed by atoms with E-state index in [0.29, 0.717) is 13.2 Å². The van der Waals surface area contributed by atoms with Crippen LogP contribution in [-0.2, 0) is 16.8 Å². The molecule has 24 heavy (non-hydrogen) atoms. The SMILES string of the molecule is Cc1nc(N(C)C)nc2c1COC[C@]21CCN(c2ccncn2)C1. The number of rotatable bonds is 2. The molecule has 1 atom stereocenters. The van der Waals surface area contributed by atoms with Gasteiger partial charge >= 0.3 is 0 Å². The highest BCUT2D eigenvalue weighted by Gasteiger charge is 2.46. The van der Waals surface area contributed by atoms with E-state index in [1.807, 2.05) is 32.0 Å². The molecule has 2 aliphatic rings. The molecule has 2 aliphatic heterocycles. The van der Waals surface area contributed by atoms with Crippen LogP contribution in [0.2, 0.25) is 0 Å². The summed E-state index contributed by atoms with van der Waals surface area (Å²) in [6.07, 6.45) is 4.39. The monoisotopic (exact) mass is 326 g/mol. The minimum atomic E-state index is -0.0863. The molecule has 2 aromatic rings. The molecular formula is C17H22N6O. The van der Waals surface area contributed by atoms with Gasteiger partial charge in [-0.05, 0) is 19.4 Å². The van der Waals surface area contributed by atoms with Crippen molar-refractivity contribution < 1.29 is 4.74 Å². The van der Waals surface area contributed by atoms with Crippen LogP contribution in [-0.4, -0.2) is 53.7 Å². The number of anilines is 2. The molecule has 1 spiro atoms. The summed E-state index contributed by atoms with van der Waals surface area (Å²) in [7, 11) is 3.96. The first-order valence-electron chi connectivity index (χ1n) is 8.23. The normalized spacial score (nSPS) is 22.7. The fourth-order valence-corrected chi connectivity index (χ4v) is 3.66. The molecule has 2 aromatic heterocycles. The molecule has 0 bridgehead atoms. The van der Waals surface area contributed by atoms with Gasteiger partial charge < -0.3 is 14.5 Å². The van der Waals surface area contributed by atoms with Crippen molar-refractivity contribution in [1.82, 2.24) is 19.9 Å². The van der Waals surface area contributed by atoms with Crippen molar-refractivity contribution in [3.63, 3.8) is 0 Å². The van der Waals surface area contributed by atoms with E-state index in [-0.39, 0.29) is 5.41 Å². The summed E-state index contributed by atoms with van der Waals surface area (Å²) in [5, 5.41) is 0. The number of ether oxygens (including phenoxy) is 1. The lowest BCUT2D eigenvalue weighted by Crippen LogP contribution is -2.41. The number of fused-ring (bicyclic) bond motifs is 2. The van der Waals surface area contributed by atoms with Gasteiger partial charge in [-0.2, -0.15) is 0 Å². The number of aryl methyl sites for hydroxylation is 1. The van der Waals surface area contributed by atoms with Gasteiger partial charge in [0.05, 0.1) is 24.3 Å². The van der Waals surface area contributed by atoms with Crippen LogP contribution in [0, 0.1) is 6.92 Å². The third-order valence-electron chi connectivity index (χ3n) is 4.97. The highest BCUT2D eigenvalue weighted by Crippen LogP contribution is 2.41. The Morgan fingerprint density at radius 3 is 2.92 bits per heavy atom. The molecule has 4 heterocycles. The van der Waals surface area contributed by atoms with Crippen molar-refractivity contribution in [3.8, 4) is 0 Å². The predicted molar refractivity (Wildman–Crippen MR) is 91.3 cm³/mol. The van der Waals surface area contributed by atoms with Gasteiger partial charge in [0.15, 0.2) is 0 Å². The average molecular weight is 326 g/mol. The molecule has 1 saturated heterocycles. The zero-order valence-electron chi connectivity index (χ0n) is 14.4. The lowest BCUT2D eigenvalue weighted by molar-refractivity contribution is 0.0552. The Morgan fingerprint density at radius 2 is 2.17 bits per heavy atom. The maximum absolute atomic E-state index is 5.95. The van der Waals surface area contributed by atoms with Gasteiger partial charge in [-0.3, -0.25) is 0 Å². The van der Waals surface area contributed by atoms with Crippen molar-refractivity contribution in [3.05, 3.63) is 35.5 Å². The minimum absolute atomic E-state index is 0.0863. The molecule has 7 heteroatoms. The first kappa shape index (κ1) is 15.3. The van der Waals surface area contributed by atoms with Gasteiger partial charge in [-0.25, -0.2) is 19.9 Å². The van der Waals surface area contributed by atoms with Crippen molar-refractivity contribution in [2.24, 2.45) is 0 Å². The van der Waals surface area contributed by atoms with Crippen LogP contribution >= 0.6 is 0 Å².